The van der Waals surface area contributed by atoms with Crippen LogP contribution in [0, 0.1) is 0 Å². The number of carbonyl (C=O) groups is 2. The normalized spacial score (nSPS) is 10.1. The molecular weight excluding hydrogens is 302 g/mol. The Hall–Kier alpha value is -2.45. The molecule has 0 unspecified atom stereocenters. The van der Waals surface area contributed by atoms with E-state index in [1.165, 1.54) is 18.3 Å². The lowest BCUT2D eigenvalue weighted by molar-refractivity contribution is -0.114. The number of urea groups is 1. The number of anilines is 2. The molecule has 22 heavy (non-hydrogen) atoms. The topological polar surface area (TPSA) is 109 Å². The quantitative estimate of drug-likeness (QED) is 0.383. The minimum atomic E-state index is -0.458. The maximum atomic E-state index is 11.1. The van der Waals surface area contributed by atoms with Crippen LogP contribution in [0.2, 0.25) is 0 Å². The highest BCUT2D eigenvalue weighted by Gasteiger charge is 2.04. The molecule has 3 amide bonds. The Morgan fingerprint density at radius 1 is 1.18 bits per heavy atom. The van der Waals surface area contributed by atoms with E-state index in [1.54, 1.807) is 0 Å². The van der Waals surface area contributed by atoms with Crippen LogP contribution in [-0.2, 0) is 17.6 Å². The maximum absolute atomic E-state index is 11.1. The largest absolute Gasteiger partial charge is 0.333 e. The van der Waals surface area contributed by atoms with Crippen molar-refractivity contribution in [2.75, 3.05) is 10.6 Å². The number of hydrogen-bond donors (Lipinski definition) is 4. The second-order valence-corrected chi connectivity index (χ2v) is 5.48. The van der Waals surface area contributed by atoms with Crippen molar-refractivity contribution in [1.82, 2.24) is 10.4 Å². The highest BCUT2D eigenvalue weighted by atomic mass is 32.1. The first kappa shape index (κ1) is 15.9. The summed E-state index contributed by atoms with van der Waals surface area (Å²) < 4.78 is 0. The third kappa shape index (κ3) is 4.83. The summed E-state index contributed by atoms with van der Waals surface area (Å²) in [6.45, 7) is 1.46. The lowest BCUT2D eigenvalue weighted by Crippen LogP contribution is -2.34. The Morgan fingerprint density at radius 2 is 1.91 bits per heavy atom. The van der Waals surface area contributed by atoms with Gasteiger partial charge in [-0.3, -0.25) is 10.2 Å². The molecule has 0 saturated heterocycles. The Kier molecular flexibility index (Phi) is 5.45. The number of thiazole rings is 1. The van der Waals surface area contributed by atoms with Gasteiger partial charge in [0.2, 0.25) is 5.91 Å². The van der Waals surface area contributed by atoms with Crippen LogP contribution in [-0.4, -0.2) is 16.9 Å². The van der Waals surface area contributed by atoms with Crippen molar-refractivity contribution >= 4 is 34.1 Å². The molecule has 2 aromatic rings. The van der Waals surface area contributed by atoms with Gasteiger partial charge in [-0.1, -0.05) is 12.1 Å². The molecule has 1 aromatic carbocycles. The van der Waals surface area contributed by atoms with E-state index in [2.05, 4.69) is 15.6 Å². The van der Waals surface area contributed by atoms with Gasteiger partial charge in [0.1, 0.15) is 0 Å². The van der Waals surface area contributed by atoms with Gasteiger partial charge in [0.15, 0.2) is 5.13 Å². The SMILES string of the molecule is CC(=O)Nc1nc(CCc2ccc(NC(=O)NN)cc2)cs1. The van der Waals surface area contributed by atoms with Gasteiger partial charge in [-0.15, -0.1) is 11.3 Å². The van der Waals surface area contributed by atoms with E-state index in [1.807, 2.05) is 35.1 Å². The van der Waals surface area contributed by atoms with Gasteiger partial charge in [0.25, 0.3) is 0 Å². The molecule has 0 aliphatic heterocycles. The van der Waals surface area contributed by atoms with Gasteiger partial charge in [0, 0.05) is 18.0 Å². The molecule has 8 heteroatoms. The fourth-order valence-corrected chi connectivity index (χ4v) is 2.61. The Balaban J connectivity index is 1.87. The van der Waals surface area contributed by atoms with E-state index in [9.17, 15) is 9.59 Å². The molecular formula is C14H17N5O2S. The van der Waals surface area contributed by atoms with Crippen LogP contribution in [0.15, 0.2) is 29.6 Å². The van der Waals surface area contributed by atoms with Crippen LogP contribution in [0.25, 0.3) is 0 Å². The number of benzene rings is 1. The second kappa shape index (κ2) is 7.53. The molecule has 0 radical (unpaired) electrons. The van der Waals surface area contributed by atoms with E-state index in [-0.39, 0.29) is 5.91 Å². The summed E-state index contributed by atoms with van der Waals surface area (Å²) in [5.74, 6) is 4.88. The van der Waals surface area contributed by atoms with Crippen LogP contribution >= 0.6 is 11.3 Å². The third-order valence-corrected chi connectivity index (χ3v) is 3.65. The Labute approximate surface area is 131 Å². The van der Waals surface area contributed by atoms with E-state index in [0.29, 0.717) is 10.8 Å². The van der Waals surface area contributed by atoms with E-state index < -0.39 is 6.03 Å². The van der Waals surface area contributed by atoms with Gasteiger partial charge in [-0.2, -0.15) is 0 Å². The Bertz CT molecular complexity index is 654. The number of nitrogens with one attached hydrogen (secondary N) is 3. The number of nitrogens with zero attached hydrogens (tertiary/aromatic N) is 1. The highest BCUT2D eigenvalue weighted by Crippen LogP contribution is 2.17. The summed E-state index contributed by atoms with van der Waals surface area (Å²) in [6.07, 6.45) is 1.61. The molecule has 0 bridgehead atoms. The number of aryl methyl sites for hydroxylation is 2. The maximum Gasteiger partial charge on any atom is 0.333 e. The fraction of sp³-hybridized carbons (Fsp3) is 0.214. The third-order valence-electron chi connectivity index (χ3n) is 2.85. The lowest BCUT2D eigenvalue weighted by Gasteiger charge is -2.05. The van der Waals surface area contributed by atoms with Crippen molar-refractivity contribution in [2.45, 2.75) is 19.8 Å². The molecule has 0 fully saturated rings. The smallest absolute Gasteiger partial charge is 0.307 e. The average molecular weight is 319 g/mol. The molecule has 1 heterocycles. The zero-order valence-electron chi connectivity index (χ0n) is 12.1. The first-order valence-electron chi connectivity index (χ1n) is 6.65. The lowest BCUT2D eigenvalue weighted by atomic mass is 10.1. The van der Waals surface area contributed by atoms with Crippen LogP contribution in [0.5, 0.6) is 0 Å². The number of carbonyl (C=O) groups excluding carboxylic acids is 2. The van der Waals surface area contributed by atoms with Crippen molar-refractivity contribution < 1.29 is 9.59 Å². The van der Waals surface area contributed by atoms with Crippen molar-refractivity contribution in [2.24, 2.45) is 5.84 Å². The number of rotatable bonds is 5. The molecule has 0 atom stereocenters. The molecule has 7 nitrogen and oxygen atoms in total. The molecule has 0 aliphatic carbocycles. The Morgan fingerprint density at radius 3 is 2.55 bits per heavy atom. The summed E-state index contributed by atoms with van der Waals surface area (Å²) in [4.78, 5) is 26.4. The van der Waals surface area contributed by atoms with Crippen molar-refractivity contribution in [1.29, 1.82) is 0 Å². The van der Waals surface area contributed by atoms with Crippen LogP contribution in [0.1, 0.15) is 18.2 Å². The number of hydrazine groups is 1. The first-order valence-corrected chi connectivity index (χ1v) is 7.53. The molecule has 0 saturated carbocycles. The number of aromatic nitrogens is 1. The highest BCUT2D eigenvalue weighted by molar-refractivity contribution is 7.13. The summed E-state index contributed by atoms with van der Waals surface area (Å²) in [6, 6.07) is 7.05. The fourth-order valence-electron chi connectivity index (χ4n) is 1.82. The van der Waals surface area contributed by atoms with Gasteiger partial charge in [-0.25, -0.2) is 15.6 Å². The zero-order chi connectivity index (χ0) is 15.9. The van der Waals surface area contributed by atoms with Crippen molar-refractivity contribution in [3.05, 3.63) is 40.9 Å². The second-order valence-electron chi connectivity index (χ2n) is 4.62. The minimum Gasteiger partial charge on any atom is -0.307 e. The predicted molar refractivity (Wildman–Crippen MR) is 86.6 cm³/mol. The van der Waals surface area contributed by atoms with Crippen molar-refractivity contribution in [3.63, 3.8) is 0 Å². The van der Waals surface area contributed by atoms with E-state index in [0.717, 1.165) is 24.1 Å². The molecule has 0 spiro atoms. The van der Waals surface area contributed by atoms with Gasteiger partial charge >= 0.3 is 6.03 Å². The minimum absolute atomic E-state index is 0.120. The van der Waals surface area contributed by atoms with Gasteiger partial charge < -0.3 is 10.6 Å². The number of amides is 3. The van der Waals surface area contributed by atoms with E-state index in [4.69, 9.17) is 5.84 Å². The molecule has 1 aromatic heterocycles. The number of hydrogen-bond acceptors (Lipinski definition) is 5. The first-order chi connectivity index (χ1) is 10.6. The molecule has 5 N–H and O–H groups in total. The van der Waals surface area contributed by atoms with Gasteiger partial charge in [0.05, 0.1) is 5.69 Å². The standard InChI is InChI=1S/C14H17N5O2S/c1-9(20)16-14-18-12(8-22-14)7-4-10-2-5-11(6-3-10)17-13(21)19-15/h2-3,5-6,8H,4,7,15H2,1H3,(H,16,18,20)(H2,17,19,21). The van der Waals surface area contributed by atoms with Crippen LogP contribution < -0.4 is 21.9 Å². The van der Waals surface area contributed by atoms with Crippen molar-refractivity contribution in [3.8, 4) is 0 Å². The number of nitrogens with two attached hydrogens (primary N) is 1. The van der Waals surface area contributed by atoms with Gasteiger partial charge in [-0.05, 0) is 30.5 Å². The average Bonchev–Trinajstić information content (AvgIpc) is 2.93. The molecule has 0 aliphatic rings. The summed E-state index contributed by atoms with van der Waals surface area (Å²) >= 11 is 1.42. The monoisotopic (exact) mass is 319 g/mol. The predicted octanol–water partition coefficient (Wildman–Crippen LogP) is 1.88. The zero-order valence-corrected chi connectivity index (χ0v) is 12.9. The summed E-state index contributed by atoms with van der Waals surface area (Å²) in [7, 11) is 0. The van der Waals surface area contributed by atoms with E-state index >= 15 is 0 Å². The molecule has 2 rings (SSSR count). The summed E-state index contributed by atoms with van der Waals surface area (Å²) in [5, 5.41) is 7.81. The molecule has 116 valence electrons. The van der Waals surface area contributed by atoms with Crippen LogP contribution in [0.4, 0.5) is 15.6 Å². The summed E-state index contributed by atoms with van der Waals surface area (Å²) in [5.41, 5.74) is 4.75. The van der Waals surface area contributed by atoms with Crippen LogP contribution in [0.3, 0.4) is 0 Å².